The van der Waals surface area contributed by atoms with Crippen molar-refractivity contribution < 1.29 is 51.0 Å². The van der Waals surface area contributed by atoms with Gasteiger partial charge in [0.1, 0.15) is 35.7 Å². The van der Waals surface area contributed by atoms with E-state index < -0.39 is 91.2 Å². The third-order valence-electron chi connectivity index (χ3n) is 12.2. The Balaban J connectivity index is 1.05. The van der Waals surface area contributed by atoms with Gasteiger partial charge in [-0.2, -0.15) is 0 Å². The minimum atomic E-state index is -3.20. The highest BCUT2D eigenvalue weighted by Crippen LogP contribution is 2.47. The van der Waals surface area contributed by atoms with E-state index in [1.54, 1.807) is 81.8 Å². The maximum atomic E-state index is 16.7. The molecule has 16 nitrogen and oxygen atoms in total. The molecule has 64 heavy (non-hydrogen) atoms. The lowest BCUT2D eigenvalue weighted by atomic mass is 10.0. The zero-order valence-corrected chi connectivity index (χ0v) is 36.2. The minimum absolute atomic E-state index is 0.00229. The van der Waals surface area contributed by atoms with E-state index in [2.05, 4.69) is 35.3 Å². The normalized spacial score (nSPS) is 21.1. The number of benzene rings is 2. The molecule has 0 radical (unpaired) electrons. The van der Waals surface area contributed by atoms with E-state index in [0.717, 1.165) is 12.0 Å². The summed E-state index contributed by atoms with van der Waals surface area (Å²) < 4.78 is 79.0. The molecule has 2 saturated heterocycles. The lowest BCUT2D eigenvalue weighted by Gasteiger charge is -2.29. The van der Waals surface area contributed by atoms with Gasteiger partial charge in [0.25, 0.3) is 5.92 Å². The Bertz CT molecular complexity index is 2630. The number of H-pyrrole nitrogens is 2. The molecule has 2 fully saturated rings. The number of carbonyl (C=O) groups is 4. The molecule has 4 amide bonds. The molecule has 340 valence electrons. The van der Waals surface area contributed by atoms with Crippen LogP contribution in [0, 0.1) is 17.7 Å². The van der Waals surface area contributed by atoms with E-state index in [0.29, 0.717) is 56.2 Å². The summed E-state index contributed by atoms with van der Waals surface area (Å²) in [4.78, 5) is 68.9. The van der Waals surface area contributed by atoms with Gasteiger partial charge in [0.2, 0.25) is 11.8 Å². The number of methoxy groups -OCH3 is 2. The molecule has 3 aromatic heterocycles. The Labute approximate surface area is 365 Å². The summed E-state index contributed by atoms with van der Waals surface area (Å²) in [6.45, 7) is 7.65. The number of carbonyl (C=O) groups excluding carboxylic acids is 4. The molecule has 0 aliphatic carbocycles. The Kier molecular flexibility index (Phi) is 11.6. The second-order valence-corrected chi connectivity index (χ2v) is 17.2. The van der Waals surface area contributed by atoms with Gasteiger partial charge in [0.15, 0.2) is 12.0 Å². The number of halogens is 4. The summed E-state index contributed by atoms with van der Waals surface area (Å²) in [5.41, 5.74) is 3.46. The molecule has 20 heteroatoms. The van der Waals surface area contributed by atoms with Crippen molar-refractivity contribution in [2.75, 3.05) is 27.3 Å². The molecule has 5 aromatic rings. The number of rotatable bonds is 10. The molecular formula is C44H49F4N9O7. The molecule has 3 aliphatic rings. The van der Waals surface area contributed by atoms with Gasteiger partial charge in [0.05, 0.1) is 74.4 Å². The average Bonchev–Trinajstić information content (AvgIpc) is 4.11. The predicted octanol–water partition coefficient (Wildman–Crippen LogP) is 7.42. The molecule has 2 aromatic carbocycles. The molecule has 8 rings (SSSR count). The van der Waals surface area contributed by atoms with Gasteiger partial charge in [-0.3, -0.25) is 9.59 Å². The quantitative estimate of drug-likeness (QED) is 0.104. The maximum Gasteiger partial charge on any atom is 0.407 e. The van der Waals surface area contributed by atoms with Gasteiger partial charge in [-0.05, 0) is 43.0 Å². The standard InChI is InChI=1S/C44H49F4N9O7/c1-20(2)35(53-42(60)62-6)40(58)55-18-25(45)14-31(55)38-49-16-28(51-38)23-9-11-30-27(12-23)34(46)37-26-10-8-24(13-33(26)64-22(5)57(30)37)29-17-50-39(52-29)32-15-44(47,48)19-56(32)41(59)36(21(3)4)54-43(61)63-7/h8-13,16-17,20-22,25,31-32,35-36H,14-15,18-19H2,1-7H3,(H,49,51)(H,50,52)(H,53,60)(H,54,61)/t22?,25-,31+,32+,35+,36+/m1/s1. The fourth-order valence-electron chi connectivity index (χ4n) is 8.93. The van der Waals surface area contributed by atoms with Gasteiger partial charge < -0.3 is 49.2 Å². The first-order valence-corrected chi connectivity index (χ1v) is 21.0. The number of hydrogen-bond acceptors (Lipinski definition) is 9. The van der Waals surface area contributed by atoms with Gasteiger partial charge >= 0.3 is 12.2 Å². The van der Waals surface area contributed by atoms with Crippen molar-refractivity contribution in [2.45, 2.75) is 89.9 Å². The average molecular weight is 892 g/mol. The highest BCUT2D eigenvalue weighted by molar-refractivity contribution is 5.93. The molecule has 6 atom stereocenters. The zero-order valence-electron chi connectivity index (χ0n) is 36.2. The lowest BCUT2D eigenvalue weighted by molar-refractivity contribution is -0.137. The number of fused-ring (bicyclic) bond motifs is 5. The van der Waals surface area contributed by atoms with Crippen LogP contribution in [0.1, 0.15) is 77.4 Å². The van der Waals surface area contributed by atoms with E-state index in [-0.39, 0.29) is 24.7 Å². The number of alkyl carbamates (subject to hydrolysis) is 2. The number of hydrogen-bond donors (Lipinski definition) is 4. The third-order valence-corrected chi connectivity index (χ3v) is 12.2. The number of aromatic nitrogens is 5. The van der Waals surface area contributed by atoms with Crippen molar-refractivity contribution in [3.8, 4) is 39.5 Å². The highest BCUT2D eigenvalue weighted by Gasteiger charge is 2.50. The topological polar surface area (TPSA) is 189 Å². The Morgan fingerprint density at radius 1 is 0.844 bits per heavy atom. The van der Waals surface area contributed by atoms with Crippen LogP contribution in [0.5, 0.6) is 5.75 Å². The van der Waals surface area contributed by atoms with Crippen LogP contribution in [-0.2, 0) is 19.1 Å². The maximum absolute atomic E-state index is 16.7. The third kappa shape index (κ3) is 7.97. The summed E-state index contributed by atoms with van der Waals surface area (Å²) in [5.74, 6) is -4.74. The number of nitrogens with zero attached hydrogens (tertiary/aromatic N) is 5. The van der Waals surface area contributed by atoms with Crippen LogP contribution in [0.4, 0.5) is 27.2 Å². The van der Waals surface area contributed by atoms with Crippen molar-refractivity contribution in [1.29, 1.82) is 0 Å². The van der Waals surface area contributed by atoms with E-state index in [1.807, 2.05) is 0 Å². The van der Waals surface area contributed by atoms with Crippen molar-refractivity contribution in [3.05, 3.63) is 66.3 Å². The molecule has 4 N–H and O–H groups in total. The van der Waals surface area contributed by atoms with Crippen molar-refractivity contribution in [2.24, 2.45) is 11.8 Å². The van der Waals surface area contributed by atoms with Crippen molar-refractivity contribution in [3.63, 3.8) is 0 Å². The molecule has 3 aliphatic heterocycles. The van der Waals surface area contributed by atoms with Crippen LogP contribution in [0.3, 0.4) is 0 Å². The number of ether oxygens (including phenoxy) is 3. The molecule has 0 saturated carbocycles. The number of likely N-dealkylation sites (tertiary alicyclic amines) is 2. The summed E-state index contributed by atoms with van der Waals surface area (Å²) in [7, 11) is 2.34. The smallest absolute Gasteiger partial charge is 0.407 e. The zero-order chi connectivity index (χ0) is 45.9. The Morgan fingerprint density at radius 3 is 2.00 bits per heavy atom. The van der Waals surface area contributed by atoms with Crippen LogP contribution in [0.15, 0.2) is 48.8 Å². The van der Waals surface area contributed by atoms with Crippen LogP contribution in [0.2, 0.25) is 0 Å². The Morgan fingerprint density at radius 2 is 1.41 bits per heavy atom. The summed E-state index contributed by atoms with van der Waals surface area (Å²) >= 11 is 0. The van der Waals surface area contributed by atoms with Crippen molar-refractivity contribution >= 4 is 34.9 Å². The first-order chi connectivity index (χ1) is 30.4. The van der Waals surface area contributed by atoms with Crippen LogP contribution < -0.4 is 15.4 Å². The molecule has 0 bridgehead atoms. The van der Waals surface area contributed by atoms with Crippen molar-refractivity contribution in [1.82, 2.24) is 44.9 Å². The summed E-state index contributed by atoms with van der Waals surface area (Å²) in [6.07, 6.45) is -1.26. The number of aromatic amines is 2. The molecule has 6 heterocycles. The number of alkyl halides is 3. The molecular weight excluding hydrogens is 843 g/mol. The van der Waals surface area contributed by atoms with Gasteiger partial charge in [0, 0.05) is 34.9 Å². The fraction of sp³-hybridized carbons (Fsp3) is 0.455. The van der Waals surface area contributed by atoms with Crippen LogP contribution in [-0.4, -0.2) is 110 Å². The van der Waals surface area contributed by atoms with Crippen LogP contribution >= 0.6 is 0 Å². The van der Waals surface area contributed by atoms with Gasteiger partial charge in [-0.1, -0.05) is 39.8 Å². The second kappa shape index (κ2) is 16.8. The molecule has 1 unspecified atom stereocenters. The fourth-order valence-corrected chi connectivity index (χ4v) is 8.93. The van der Waals surface area contributed by atoms with E-state index in [4.69, 9.17) is 9.47 Å². The Hall–Kier alpha value is -6.60. The second-order valence-electron chi connectivity index (χ2n) is 17.2. The first kappa shape index (κ1) is 44.0. The summed E-state index contributed by atoms with van der Waals surface area (Å²) in [6, 6.07) is 6.47. The predicted molar refractivity (Wildman–Crippen MR) is 224 cm³/mol. The molecule has 0 spiro atoms. The lowest BCUT2D eigenvalue weighted by Crippen LogP contribution is -2.51. The van der Waals surface area contributed by atoms with E-state index >= 15 is 4.39 Å². The van der Waals surface area contributed by atoms with Gasteiger partial charge in [-0.15, -0.1) is 0 Å². The van der Waals surface area contributed by atoms with Gasteiger partial charge in [-0.25, -0.2) is 37.1 Å². The van der Waals surface area contributed by atoms with E-state index in [1.165, 1.54) is 18.2 Å². The number of amides is 4. The summed E-state index contributed by atoms with van der Waals surface area (Å²) in [5, 5.41) is 5.31. The number of nitrogens with one attached hydrogen (secondary N) is 4. The van der Waals surface area contributed by atoms with Crippen LogP contribution in [0.25, 0.3) is 44.7 Å². The van der Waals surface area contributed by atoms with E-state index in [9.17, 15) is 32.3 Å². The number of imidazole rings is 2. The largest absolute Gasteiger partial charge is 0.470 e. The highest BCUT2D eigenvalue weighted by atomic mass is 19.3. The SMILES string of the molecule is COC(=O)N[C@H](C(=O)N1C[C@H](F)C[C@H]1c1ncc(-c2ccc3c(c2)c(F)c2n3C(C)Oc3cc(-c4cnc([C@@H]5CC(F)(F)CN5C(=O)[C@@H](NC(=O)OC)C(C)C)[nH]4)ccc3-2)[nH]1)C(C)C. The first-order valence-electron chi connectivity index (χ1n) is 21.0. The monoisotopic (exact) mass is 891 g/mol. The minimum Gasteiger partial charge on any atom is -0.470 e.